The molecule has 0 bridgehead atoms. The Morgan fingerprint density at radius 2 is 2.29 bits per heavy atom. The number of carbonyl (C=O) groups excluding carboxylic acids is 1. The van der Waals surface area contributed by atoms with Crippen molar-refractivity contribution in [3.05, 3.63) is 0 Å². The van der Waals surface area contributed by atoms with Crippen molar-refractivity contribution in [3.63, 3.8) is 0 Å². The quantitative estimate of drug-likeness (QED) is 0.686. The van der Waals surface area contributed by atoms with Crippen molar-refractivity contribution < 1.29 is 9.53 Å². The first-order chi connectivity index (χ1) is 6.33. The summed E-state index contributed by atoms with van der Waals surface area (Å²) in [6, 6.07) is -0.00699. The maximum atomic E-state index is 11.5. The molecule has 1 aliphatic carbocycles. The predicted octanol–water partition coefficient (Wildman–Crippen LogP) is 1.57. The number of nitrogens with one attached hydrogen (secondary N) is 1. The number of hydrogen-bond donors (Lipinski definition) is 1. The van der Waals surface area contributed by atoms with Crippen molar-refractivity contribution >= 4 is 5.97 Å². The van der Waals surface area contributed by atoms with Crippen LogP contribution in [0.2, 0.25) is 0 Å². The van der Waals surface area contributed by atoms with Crippen molar-refractivity contribution in [2.24, 2.45) is 11.8 Å². The van der Waals surface area contributed by atoms with Crippen LogP contribution >= 0.6 is 0 Å². The lowest BCUT2D eigenvalue weighted by Gasteiger charge is -2.15. The summed E-state index contributed by atoms with van der Waals surface area (Å²) in [4.78, 5) is 11.5. The molecule has 2 rings (SSSR count). The Bertz CT molecular complexity index is 205. The molecule has 0 aromatic carbocycles. The average molecular weight is 199 g/mol. The third kappa shape index (κ3) is 1.92. The zero-order chi connectivity index (χ0) is 9.26. The highest BCUT2D eigenvalue weighted by Gasteiger charge is 2.42. The van der Waals surface area contributed by atoms with Crippen molar-refractivity contribution in [3.8, 4) is 0 Å². The number of rotatable bonds is 2. The van der Waals surface area contributed by atoms with Crippen LogP contribution < -0.4 is 5.32 Å². The first kappa shape index (κ1) is 11.5. The van der Waals surface area contributed by atoms with Crippen molar-refractivity contribution in [1.29, 1.82) is 0 Å². The van der Waals surface area contributed by atoms with E-state index in [1.54, 1.807) is 0 Å². The molecule has 1 N–H and O–H groups in total. The Kier molecular flexibility index (Phi) is 3.93. The molecule has 2 fully saturated rings. The third-order valence-corrected chi connectivity index (χ3v) is 3.29. The minimum atomic E-state index is -0.0445. The summed E-state index contributed by atoms with van der Waals surface area (Å²) < 4.78 is 5.03. The summed E-state index contributed by atoms with van der Waals surface area (Å²) in [5.74, 6) is 1.24. The molecule has 0 amide bonds. The second-order valence-corrected chi connectivity index (χ2v) is 3.99. The van der Waals surface area contributed by atoms with Crippen molar-refractivity contribution in [1.82, 2.24) is 5.32 Å². The smallest absolute Gasteiger partial charge is 0.323 e. The van der Waals surface area contributed by atoms with E-state index in [0.717, 1.165) is 12.5 Å². The highest BCUT2D eigenvalue weighted by Crippen LogP contribution is 2.37. The Morgan fingerprint density at radius 1 is 1.50 bits per heavy atom. The second-order valence-electron chi connectivity index (χ2n) is 3.99. The maximum Gasteiger partial charge on any atom is 0.323 e. The molecule has 1 heterocycles. The van der Waals surface area contributed by atoms with Crippen LogP contribution in [0.4, 0.5) is 0 Å². The molecular formula is C11H21NO2. The monoisotopic (exact) mass is 199 g/mol. The van der Waals surface area contributed by atoms with E-state index in [9.17, 15) is 4.79 Å². The molecule has 3 atom stereocenters. The normalized spacial score (nSPS) is 34.8. The van der Waals surface area contributed by atoms with Crippen LogP contribution in [0.25, 0.3) is 0 Å². The molecule has 14 heavy (non-hydrogen) atoms. The molecular weight excluding hydrogens is 178 g/mol. The lowest BCUT2D eigenvalue weighted by Crippen LogP contribution is -2.37. The standard InChI is InChI=1S/C10H17NO2.CH4/c1-2-13-10(12)9-8-5-3-4-7(8)6-11-9;/h7-9,11H,2-6H2,1H3;1H4/t7-,8-,9?;/m0./s1. The van der Waals surface area contributed by atoms with Gasteiger partial charge in [-0.25, -0.2) is 0 Å². The fourth-order valence-corrected chi connectivity index (χ4v) is 2.68. The number of carbonyl (C=O) groups is 1. The number of ether oxygens (including phenoxy) is 1. The molecule has 3 nitrogen and oxygen atoms in total. The van der Waals surface area contributed by atoms with Crippen LogP contribution in [-0.4, -0.2) is 25.2 Å². The molecule has 2 aliphatic rings. The van der Waals surface area contributed by atoms with Gasteiger partial charge in [-0.2, -0.15) is 0 Å². The molecule has 0 aromatic rings. The third-order valence-electron chi connectivity index (χ3n) is 3.29. The van der Waals surface area contributed by atoms with E-state index < -0.39 is 0 Å². The molecule has 1 unspecified atom stereocenters. The largest absolute Gasteiger partial charge is 0.465 e. The minimum absolute atomic E-state index is 0. The van der Waals surface area contributed by atoms with Gasteiger partial charge in [-0.05, 0) is 38.1 Å². The molecule has 82 valence electrons. The van der Waals surface area contributed by atoms with E-state index in [1.807, 2.05) is 6.92 Å². The topological polar surface area (TPSA) is 38.3 Å². The number of hydrogen-bond acceptors (Lipinski definition) is 3. The van der Waals surface area contributed by atoms with E-state index in [-0.39, 0.29) is 19.4 Å². The minimum Gasteiger partial charge on any atom is -0.465 e. The molecule has 1 saturated heterocycles. The van der Waals surface area contributed by atoms with Crippen LogP contribution in [-0.2, 0) is 9.53 Å². The maximum absolute atomic E-state index is 11.5. The average Bonchev–Trinajstić information content (AvgIpc) is 2.62. The van der Waals surface area contributed by atoms with Crippen LogP contribution in [0.1, 0.15) is 33.6 Å². The van der Waals surface area contributed by atoms with Gasteiger partial charge in [-0.15, -0.1) is 0 Å². The Labute approximate surface area is 86.2 Å². The van der Waals surface area contributed by atoms with Crippen LogP contribution in [0.5, 0.6) is 0 Å². The zero-order valence-electron chi connectivity index (χ0n) is 8.08. The zero-order valence-corrected chi connectivity index (χ0v) is 8.08. The molecule has 3 heteroatoms. The first-order valence-electron chi connectivity index (χ1n) is 5.23. The van der Waals surface area contributed by atoms with Crippen LogP contribution in [0.15, 0.2) is 0 Å². The highest BCUT2D eigenvalue weighted by molar-refractivity contribution is 5.76. The van der Waals surface area contributed by atoms with Gasteiger partial charge in [0, 0.05) is 0 Å². The predicted molar refractivity (Wildman–Crippen MR) is 56.0 cm³/mol. The fraction of sp³-hybridized carbons (Fsp3) is 0.909. The lowest BCUT2D eigenvalue weighted by molar-refractivity contribution is -0.146. The molecule has 1 aliphatic heterocycles. The summed E-state index contributed by atoms with van der Waals surface area (Å²) in [5, 5.41) is 3.27. The van der Waals surface area contributed by atoms with E-state index in [2.05, 4.69) is 5.32 Å². The van der Waals surface area contributed by atoms with E-state index in [0.29, 0.717) is 12.5 Å². The Morgan fingerprint density at radius 3 is 3.00 bits per heavy atom. The molecule has 0 spiro atoms. The second kappa shape index (κ2) is 4.78. The van der Waals surface area contributed by atoms with Gasteiger partial charge in [0.05, 0.1) is 6.61 Å². The highest BCUT2D eigenvalue weighted by atomic mass is 16.5. The van der Waals surface area contributed by atoms with Gasteiger partial charge in [0.25, 0.3) is 0 Å². The lowest BCUT2D eigenvalue weighted by atomic mass is 9.94. The van der Waals surface area contributed by atoms with Gasteiger partial charge in [0.1, 0.15) is 6.04 Å². The van der Waals surface area contributed by atoms with E-state index >= 15 is 0 Å². The first-order valence-corrected chi connectivity index (χ1v) is 5.23. The van der Waals surface area contributed by atoms with Gasteiger partial charge in [-0.1, -0.05) is 13.8 Å². The van der Waals surface area contributed by atoms with E-state index in [4.69, 9.17) is 4.74 Å². The summed E-state index contributed by atoms with van der Waals surface area (Å²) in [7, 11) is 0. The molecule has 1 saturated carbocycles. The van der Waals surface area contributed by atoms with Gasteiger partial charge in [0.15, 0.2) is 0 Å². The summed E-state index contributed by atoms with van der Waals surface area (Å²) in [6.07, 6.45) is 3.77. The van der Waals surface area contributed by atoms with Gasteiger partial charge >= 0.3 is 5.97 Å². The van der Waals surface area contributed by atoms with Gasteiger partial charge in [0.2, 0.25) is 0 Å². The van der Waals surface area contributed by atoms with Crippen LogP contribution in [0, 0.1) is 11.8 Å². The summed E-state index contributed by atoms with van der Waals surface area (Å²) in [5.41, 5.74) is 0. The van der Waals surface area contributed by atoms with Crippen molar-refractivity contribution in [2.75, 3.05) is 13.2 Å². The number of fused-ring (bicyclic) bond motifs is 1. The summed E-state index contributed by atoms with van der Waals surface area (Å²) in [6.45, 7) is 3.36. The number of esters is 1. The van der Waals surface area contributed by atoms with Crippen molar-refractivity contribution in [2.45, 2.75) is 39.7 Å². The van der Waals surface area contributed by atoms with Gasteiger partial charge in [-0.3, -0.25) is 4.79 Å². The Hall–Kier alpha value is -0.570. The molecule has 0 radical (unpaired) electrons. The van der Waals surface area contributed by atoms with Gasteiger partial charge < -0.3 is 10.1 Å². The molecule has 0 aromatic heterocycles. The summed E-state index contributed by atoms with van der Waals surface area (Å²) >= 11 is 0. The Balaban J connectivity index is 0.000000980. The van der Waals surface area contributed by atoms with E-state index in [1.165, 1.54) is 19.3 Å². The SMILES string of the molecule is C.CCOC(=O)C1NC[C@@H]2CCC[C@H]12. The van der Waals surface area contributed by atoms with Crippen LogP contribution in [0.3, 0.4) is 0 Å². The fourth-order valence-electron chi connectivity index (χ4n) is 2.68.